The first-order valence-electron chi connectivity index (χ1n) is 7.98. The average Bonchev–Trinajstić information content (AvgIpc) is 2.48. The third-order valence-electron chi connectivity index (χ3n) is 4.36. The van der Waals surface area contributed by atoms with E-state index in [9.17, 15) is 9.59 Å². The average molecular weight is 281 g/mol. The van der Waals surface area contributed by atoms with Gasteiger partial charge in [-0.25, -0.2) is 0 Å². The minimum atomic E-state index is 0.146. The molecule has 1 aliphatic heterocycles. The number of nitrogens with one attached hydrogen (secondary N) is 1. The zero-order valence-electron chi connectivity index (χ0n) is 12.6. The Kier molecular flexibility index (Phi) is 5.83. The summed E-state index contributed by atoms with van der Waals surface area (Å²) in [5.74, 6) is 0.364. The Labute approximate surface area is 121 Å². The number of hydrogen-bond acceptors (Lipinski definition) is 3. The molecular weight excluding hydrogens is 254 g/mol. The van der Waals surface area contributed by atoms with Gasteiger partial charge in [0.1, 0.15) is 0 Å². The monoisotopic (exact) mass is 281 g/mol. The lowest BCUT2D eigenvalue weighted by Crippen LogP contribution is -2.51. The molecule has 2 rings (SSSR count). The molecule has 1 aliphatic carbocycles. The van der Waals surface area contributed by atoms with Crippen LogP contribution < -0.4 is 5.32 Å². The molecule has 0 unspecified atom stereocenters. The molecule has 0 aromatic carbocycles. The summed E-state index contributed by atoms with van der Waals surface area (Å²) >= 11 is 0. The Hall–Kier alpha value is -1.10. The van der Waals surface area contributed by atoms with Gasteiger partial charge in [-0.1, -0.05) is 26.2 Å². The van der Waals surface area contributed by atoms with Crippen molar-refractivity contribution in [3.05, 3.63) is 0 Å². The molecule has 5 nitrogen and oxygen atoms in total. The summed E-state index contributed by atoms with van der Waals surface area (Å²) in [6, 6.07) is 0.388. The normalized spacial score (nSPS) is 21.8. The molecule has 0 aromatic rings. The molecule has 1 saturated carbocycles. The Balaban J connectivity index is 1.66. The number of piperazine rings is 1. The van der Waals surface area contributed by atoms with Crippen molar-refractivity contribution in [2.45, 2.75) is 51.5 Å². The minimum Gasteiger partial charge on any atom is -0.352 e. The van der Waals surface area contributed by atoms with E-state index < -0.39 is 0 Å². The van der Waals surface area contributed by atoms with Gasteiger partial charge in [-0.15, -0.1) is 0 Å². The summed E-state index contributed by atoms with van der Waals surface area (Å²) in [6.45, 7) is 5.50. The van der Waals surface area contributed by atoms with Crippen LogP contribution in [-0.4, -0.2) is 60.4 Å². The summed E-state index contributed by atoms with van der Waals surface area (Å²) in [7, 11) is 0. The lowest BCUT2D eigenvalue weighted by molar-refractivity contribution is -0.133. The molecule has 0 atom stereocenters. The summed E-state index contributed by atoms with van der Waals surface area (Å²) in [4.78, 5) is 27.7. The molecule has 1 heterocycles. The van der Waals surface area contributed by atoms with Crippen molar-refractivity contribution < 1.29 is 9.59 Å². The van der Waals surface area contributed by atoms with Crippen LogP contribution in [0.5, 0.6) is 0 Å². The van der Waals surface area contributed by atoms with Crippen LogP contribution in [0.15, 0.2) is 0 Å². The minimum absolute atomic E-state index is 0.146. The van der Waals surface area contributed by atoms with E-state index in [1.54, 1.807) is 0 Å². The molecule has 2 fully saturated rings. The molecule has 5 heteroatoms. The van der Waals surface area contributed by atoms with E-state index in [-0.39, 0.29) is 11.8 Å². The summed E-state index contributed by atoms with van der Waals surface area (Å²) in [6.07, 6.45) is 6.61. The lowest BCUT2D eigenvalue weighted by atomic mass is 9.95. The van der Waals surface area contributed by atoms with Gasteiger partial charge in [0, 0.05) is 38.6 Å². The molecule has 0 aromatic heterocycles. The van der Waals surface area contributed by atoms with Crippen molar-refractivity contribution in [1.82, 2.24) is 15.1 Å². The van der Waals surface area contributed by atoms with Crippen LogP contribution in [0.3, 0.4) is 0 Å². The molecule has 0 bridgehead atoms. The SMILES string of the molecule is CCC(=O)N1CCN(CC(=O)NC2CCCCC2)CC1. The van der Waals surface area contributed by atoms with Crippen LogP contribution in [0.25, 0.3) is 0 Å². The molecule has 114 valence electrons. The fourth-order valence-corrected chi connectivity index (χ4v) is 3.10. The first-order valence-corrected chi connectivity index (χ1v) is 7.98. The Bertz CT molecular complexity index is 332. The molecule has 0 spiro atoms. The number of carbonyl (C=O) groups excluding carboxylic acids is 2. The number of amides is 2. The fourth-order valence-electron chi connectivity index (χ4n) is 3.10. The van der Waals surface area contributed by atoms with E-state index in [0.717, 1.165) is 39.0 Å². The van der Waals surface area contributed by atoms with Gasteiger partial charge in [0.05, 0.1) is 6.54 Å². The van der Waals surface area contributed by atoms with Crippen molar-refractivity contribution in [3.63, 3.8) is 0 Å². The highest BCUT2D eigenvalue weighted by atomic mass is 16.2. The second kappa shape index (κ2) is 7.62. The molecular formula is C15H27N3O2. The van der Waals surface area contributed by atoms with Crippen molar-refractivity contribution in [2.75, 3.05) is 32.7 Å². The zero-order chi connectivity index (χ0) is 14.4. The van der Waals surface area contributed by atoms with E-state index in [0.29, 0.717) is 19.0 Å². The van der Waals surface area contributed by atoms with Crippen LogP contribution in [0, 0.1) is 0 Å². The van der Waals surface area contributed by atoms with E-state index in [1.165, 1.54) is 19.3 Å². The first-order chi connectivity index (χ1) is 9.69. The summed E-state index contributed by atoms with van der Waals surface area (Å²) in [5, 5.41) is 3.15. The molecule has 1 N–H and O–H groups in total. The summed E-state index contributed by atoms with van der Waals surface area (Å²) in [5.41, 5.74) is 0. The number of carbonyl (C=O) groups is 2. The lowest BCUT2D eigenvalue weighted by Gasteiger charge is -2.34. The number of rotatable bonds is 4. The smallest absolute Gasteiger partial charge is 0.234 e. The maximum atomic E-state index is 12.0. The summed E-state index contributed by atoms with van der Waals surface area (Å²) < 4.78 is 0. The van der Waals surface area contributed by atoms with E-state index in [2.05, 4.69) is 10.2 Å². The second-order valence-corrected chi connectivity index (χ2v) is 5.91. The van der Waals surface area contributed by atoms with Crippen LogP contribution >= 0.6 is 0 Å². The molecule has 2 aliphatic rings. The van der Waals surface area contributed by atoms with E-state index >= 15 is 0 Å². The highest BCUT2D eigenvalue weighted by Gasteiger charge is 2.22. The van der Waals surface area contributed by atoms with E-state index in [1.807, 2.05) is 11.8 Å². The molecule has 0 radical (unpaired) electrons. The number of hydrogen-bond donors (Lipinski definition) is 1. The largest absolute Gasteiger partial charge is 0.352 e. The number of nitrogens with zero attached hydrogens (tertiary/aromatic N) is 2. The van der Waals surface area contributed by atoms with Gasteiger partial charge < -0.3 is 10.2 Å². The van der Waals surface area contributed by atoms with Crippen molar-refractivity contribution >= 4 is 11.8 Å². The van der Waals surface area contributed by atoms with Crippen LogP contribution in [0.4, 0.5) is 0 Å². The Morgan fingerprint density at radius 3 is 2.30 bits per heavy atom. The highest BCUT2D eigenvalue weighted by molar-refractivity contribution is 5.78. The highest BCUT2D eigenvalue weighted by Crippen LogP contribution is 2.17. The molecule has 2 amide bonds. The van der Waals surface area contributed by atoms with Gasteiger partial charge in [-0.2, -0.15) is 0 Å². The van der Waals surface area contributed by atoms with Crippen LogP contribution in [0.2, 0.25) is 0 Å². The van der Waals surface area contributed by atoms with Gasteiger partial charge in [0.25, 0.3) is 0 Å². The maximum Gasteiger partial charge on any atom is 0.234 e. The van der Waals surface area contributed by atoms with Crippen LogP contribution in [-0.2, 0) is 9.59 Å². The van der Waals surface area contributed by atoms with E-state index in [4.69, 9.17) is 0 Å². The predicted octanol–water partition coefficient (Wildman–Crippen LogP) is 0.989. The van der Waals surface area contributed by atoms with Crippen molar-refractivity contribution in [1.29, 1.82) is 0 Å². The first kappa shape index (κ1) is 15.3. The van der Waals surface area contributed by atoms with Gasteiger partial charge in [0.15, 0.2) is 0 Å². The van der Waals surface area contributed by atoms with Crippen molar-refractivity contribution in [2.24, 2.45) is 0 Å². The third-order valence-corrected chi connectivity index (χ3v) is 4.36. The Morgan fingerprint density at radius 1 is 1.05 bits per heavy atom. The predicted molar refractivity (Wildman–Crippen MR) is 78.3 cm³/mol. The Morgan fingerprint density at radius 2 is 1.70 bits per heavy atom. The zero-order valence-corrected chi connectivity index (χ0v) is 12.6. The van der Waals surface area contributed by atoms with Crippen LogP contribution in [0.1, 0.15) is 45.4 Å². The standard InChI is InChI=1S/C15H27N3O2/c1-2-15(20)18-10-8-17(9-11-18)12-14(19)16-13-6-4-3-5-7-13/h13H,2-12H2,1H3,(H,16,19). The molecule has 20 heavy (non-hydrogen) atoms. The second-order valence-electron chi connectivity index (χ2n) is 5.91. The van der Waals surface area contributed by atoms with Gasteiger partial charge in [0.2, 0.25) is 11.8 Å². The molecule has 1 saturated heterocycles. The van der Waals surface area contributed by atoms with Crippen molar-refractivity contribution in [3.8, 4) is 0 Å². The topological polar surface area (TPSA) is 52.7 Å². The van der Waals surface area contributed by atoms with Gasteiger partial charge in [-0.3, -0.25) is 14.5 Å². The van der Waals surface area contributed by atoms with Gasteiger partial charge >= 0.3 is 0 Å². The van der Waals surface area contributed by atoms with Gasteiger partial charge in [-0.05, 0) is 12.8 Å². The maximum absolute atomic E-state index is 12.0. The quantitative estimate of drug-likeness (QED) is 0.836. The third kappa shape index (κ3) is 4.47. The fraction of sp³-hybridized carbons (Fsp3) is 0.867.